The molecule has 2 amide bonds. The highest BCUT2D eigenvalue weighted by Gasteiger charge is 2.40. The van der Waals surface area contributed by atoms with Crippen LogP contribution in [0.4, 0.5) is 0 Å². The molecule has 0 radical (unpaired) electrons. The van der Waals surface area contributed by atoms with E-state index >= 15 is 0 Å². The third-order valence-electron chi connectivity index (χ3n) is 5.13. The number of nitrogens with one attached hydrogen (secondary N) is 2. The molecule has 6 nitrogen and oxygen atoms in total. The van der Waals surface area contributed by atoms with Crippen molar-refractivity contribution >= 4 is 11.8 Å². The topological polar surface area (TPSA) is 76.7 Å². The van der Waals surface area contributed by atoms with Crippen LogP contribution >= 0.6 is 0 Å². The lowest BCUT2D eigenvalue weighted by molar-refractivity contribution is -0.133. The summed E-state index contributed by atoms with van der Waals surface area (Å²) in [5.74, 6) is 1.04. The number of benzene rings is 2. The van der Waals surface area contributed by atoms with Gasteiger partial charge in [-0.1, -0.05) is 48.9 Å². The van der Waals surface area contributed by atoms with E-state index in [1.54, 1.807) is 7.11 Å². The first-order valence-corrected chi connectivity index (χ1v) is 10.0. The van der Waals surface area contributed by atoms with Gasteiger partial charge in [-0.3, -0.25) is 9.59 Å². The zero-order valence-corrected chi connectivity index (χ0v) is 16.8. The maximum atomic E-state index is 13.2. The summed E-state index contributed by atoms with van der Waals surface area (Å²) in [5, 5.41) is 5.96. The van der Waals surface area contributed by atoms with E-state index in [1.807, 2.05) is 54.6 Å². The van der Waals surface area contributed by atoms with E-state index in [4.69, 9.17) is 9.47 Å². The summed E-state index contributed by atoms with van der Waals surface area (Å²) < 4.78 is 11.0. The van der Waals surface area contributed by atoms with Gasteiger partial charge in [0.15, 0.2) is 11.5 Å². The van der Waals surface area contributed by atoms with Gasteiger partial charge in [-0.15, -0.1) is 0 Å². The Morgan fingerprint density at radius 1 is 1.07 bits per heavy atom. The number of hydrogen-bond donors (Lipinski definition) is 2. The fraction of sp³-hybridized carbons (Fsp3) is 0.391. The van der Waals surface area contributed by atoms with Crippen LogP contribution in [-0.2, 0) is 16.0 Å². The molecule has 1 unspecified atom stereocenters. The maximum Gasteiger partial charge on any atom is 0.246 e. The smallest absolute Gasteiger partial charge is 0.246 e. The van der Waals surface area contributed by atoms with E-state index in [1.165, 1.54) is 0 Å². The monoisotopic (exact) mass is 396 g/mol. The van der Waals surface area contributed by atoms with Crippen molar-refractivity contribution in [3.05, 3.63) is 60.2 Å². The Hall–Kier alpha value is -3.02. The van der Waals surface area contributed by atoms with Crippen LogP contribution in [0, 0.1) is 0 Å². The third kappa shape index (κ3) is 5.50. The minimum Gasteiger partial charge on any atom is -0.493 e. The highest BCUT2D eigenvalue weighted by atomic mass is 16.5. The average Bonchev–Trinajstić information content (AvgIpc) is 2.93. The fourth-order valence-corrected chi connectivity index (χ4v) is 3.66. The van der Waals surface area contributed by atoms with Gasteiger partial charge < -0.3 is 20.1 Å². The van der Waals surface area contributed by atoms with E-state index in [2.05, 4.69) is 10.6 Å². The normalized spacial score (nSPS) is 19.0. The molecule has 1 saturated heterocycles. The van der Waals surface area contributed by atoms with E-state index in [0.717, 1.165) is 18.4 Å². The molecule has 1 atom stereocenters. The Balaban J connectivity index is 1.64. The molecule has 2 aromatic carbocycles. The van der Waals surface area contributed by atoms with Crippen LogP contribution in [0.3, 0.4) is 0 Å². The standard InChI is InChI=1S/C23H28N2O4/c1-28-19-11-5-6-12-20(19)29-16-15-24-22(27)23(14-8-7-13-21(26)25-23)17-18-9-3-2-4-10-18/h2-6,9-12H,7-8,13-17H2,1H3,(H,24,27)(H,25,26). The predicted octanol–water partition coefficient (Wildman–Crippen LogP) is 2.86. The van der Waals surface area contributed by atoms with Crippen LogP contribution < -0.4 is 20.1 Å². The Morgan fingerprint density at radius 2 is 1.79 bits per heavy atom. The molecule has 1 aliphatic heterocycles. The van der Waals surface area contributed by atoms with Crippen molar-refractivity contribution < 1.29 is 19.1 Å². The number of amides is 2. The van der Waals surface area contributed by atoms with Crippen molar-refractivity contribution in [2.24, 2.45) is 0 Å². The summed E-state index contributed by atoms with van der Waals surface area (Å²) >= 11 is 0. The maximum absolute atomic E-state index is 13.2. The number of rotatable bonds is 8. The van der Waals surface area contributed by atoms with E-state index in [-0.39, 0.29) is 11.8 Å². The second-order valence-electron chi connectivity index (χ2n) is 7.25. The van der Waals surface area contributed by atoms with Crippen molar-refractivity contribution in [2.75, 3.05) is 20.3 Å². The lowest BCUT2D eigenvalue weighted by Gasteiger charge is -2.32. The number of ether oxygens (including phenoxy) is 2. The van der Waals surface area contributed by atoms with Crippen LogP contribution in [0.25, 0.3) is 0 Å². The summed E-state index contributed by atoms with van der Waals surface area (Å²) in [6, 6.07) is 17.2. The molecule has 0 saturated carbocycles. The van der Waals surface area contributed by atoms with Crippen LogP contribution in [0.1, 0.15) is 31.2 Å². The third-order valence-corrected chi connectivity index (χ3v) is 5.13. The van der Waals surface area contributed by atoms with Gasteiger partial charge in [-0.25, -0.2) is 0 Å². The zero-order chi connectivity index (χ0) is 20.5. The minimum atomic E-state index is -0.931. The zero-order valence-electron chi connectivity index (χ0n) is 16.8. The molecular formula is C23H28N2O4. The minimum absolute atomic E-state index is 0.0705. The first-order chi connectivity index (χ1) is 14.1. The number of carbonyl (C=O) groups is 2. The van der Waals surface area contributed by atoms with E-state index in [0.29, 0.717) is 43.9 Å². The Kier molecular flexibility index (Phi) is 7.11. The highest BCUT2D eigenvalue weighted by molar-refractivity contribution is 5.92. The van der Waals surface area contributed by atoms with Crippen LogP contribution in [0.15, 0.2) is 54.6 Å². The van der Waals surface area contributed by atoms with Gasteiger partial charge in [0.1, 0.15) is 12.1 Å². The number of hydrogen-bond acceptors (Lipinski definition) is 4. The van der Waals surface area contributed by atoms with Gasteiger partial charge in [0.2, 0.25) is 11.8 Å². The van der Waals surface area contributed by atoms with Crippen LogP contribution in [0.5, 0.6) is 11.5 Å². The van der Waals surface area contributed by atoms with Crippen molar-refractivity contribution in [1.29, 1.82) is 0 Å². The SMILES string of the molecule is COc1ccccc1OCCNC(=O)C1(Cc2ccccc2)CCCCC(=O)N1. The first kappa shape index (κ1) is 20.7. The van der Waals surface area contributed by atoms with Gasteiger partial charge in [0.05, 0.1) is 13.7 Å². The Morgan fingerprint density at radius 3 is 2.55 bits per heavy atom. The van der Waals surface area contributed by atoms with Crippen molar-refractivity contribution in [3.63, 3.8) is 0 Å². The molecule has 2 aromatic rings. The Labute approximate surface area is 171 Å². The quantitative estimate of drug-likeness (QED) is 0.673. The molecule has 6 heteroatoms. The highest BCUT2D eigenvalue weighted by Crippen LogP contribution is 2.26. The predicted molar refractivity (Wildman–Crippen MR) is 111 cm³/mol. The molecule has 1 aliphatic rings. The van der Waals surface area contributed by atoms with Crippen LogP contribution in [0.2, 0.25) is 0 Å². The molecule has 154 valence electrons. The average molecular weight is 396 g/mol. The summed E-state index contributed by atoms with van der Waals surface area (Å²) in [7, 11) is 1.59. The van der Waals surface area contributed by atoms with Gasteiger partial charge in [-0.2, -0.15) is 0 Å². The van der Waals surface area contributed by atoms with Crippen LogP contribution in [-0.4, -0.2) is 37.6 Å². The first-order valence-electron chi connectivity index (χ1n) is 10.0. The molecule has 0 spiro atoms. The molecule has 29 heavy (non-hydrogen) atoms. The lowest BCUT2D eigenvalue weighted by Crippen LogP contribution is -2.59. The van der Waals surface area contributed by atoms with Gasteiger partial charge >= 0.3 is 0 Å². The molecule has 1 fully saturated rings. The lowest BCUT2D eigenvalue weighted by atomic mass is 9.85. The van der Waals surface area contributed by atoms with Crippen molar-refractivity contribution in [3.8, 4) is 11.5 Å². The molecule has 0 aliphatic carbocycles. The molecule has 2 N–H and O–H groups in total. The largest absolute Gasteiger partial charge is 0.493 e. The molecular weight excluding hydrogens is 368 g/mol. The Bertz CT molecular complexity index is 825. The summed E-state index contributed by atoms with van der Waals surface area (Å²) in [4.78, 5) is 25.4. The molecule has 1 heterocycles. The van der Waals surface area contributed by atoms with Gasteiger partial charge in [-0.05, 0) is 30.5 Å². The fourth-order valence-electron chi connectivity index (χ4n) is 3.66. The second kappa shape index (κ2) is 9.96. The molecule has 0 bridgehead atoms. The summed E-state index contributed by atoms with van der Waals surface area (Å²) in [6.45, 7) is 0.644. The second-order valence-corrected chi connectivity index (χ2v) is 7.25. The number of para-hydroxylation sites is 2. The molecule has 0 aromatic heterocycles. The van der Waals surface area contributed by atoms with E-state index < -0.39 is 5.54 Å². The molecule has 3 rings (SSSR count). The van der Waals surface area contributed by atoms with E-state index in [9.17, 15) is 9.59 Å². The summed E-state index contributed by atoms with van der Waals surface area (Å²) in [6.07, 6.45) is 3.18. The van der Waals surface area contributed by atoms with Crippen molar-refractivity contribution in [1.82, 2.24) is 10.6 Å². The number of methoxy groups -OCH3 is 1. The van der Waals surface area contributed by atoms with Gasteiger partial charge in [0.25, 0.3) is 0 Å². The summed E-state index contributed by atoms with van der Waals surface area (Å²) in [5.41, 5.74) is 0.0921. The number of carbonyl (C=O) groups excluding carboxylic acids is 2. The van der Waals surface area contributed by atoms with Gasteiger partial charge in [0, 0.05) is 12.8 Å². The van der Waals surface area contributed by atoms with Crippen molar-refractivity contribution in [2.45, 2.75) is 37.6 Å².